The van der Waals surface area contributed by atoms with Gasteiger partial charge in [0.2, 0.25) is 5.91 Å². The van der Waals surface area contributed by atoms with Gasteiger partial charge in [-0.25, -0.2) is 4.79 Å². The Balaban J connectivity index is 1.91. The van der Waals surface area contributed by atoms with Crippen molar-refractivity contribution in [3.63, 3.8) is 0 Å². The standard InChI is InChI=1S/C17H22N2O4/c1-12-6-3-4-9-19(12)16(21)11-23-17(22)14-7-5-8-15(10-14)18-13(2)20/h5,7-8,10,12H,3-4,6,9,11H2,1-2H3,(H,18,20)/t12-/m0/s1. The van der Waals surface area contributed by atoms with Gasteiger partial charge in [-0.15, -0.1) is 0 Å². The van der Waals surface area contributed by atoms with Gasteiger partial charge in [0.15, 0.2) is 6.61 Å². The van der Waals surface area contributed by atoms with Crippen molar-refractivity contribution in [3.8, 4) is 0 Å². The van der Waals surface area contributed by atoms with Crippen LogP contribution in [0.5, 0.6) is 0 Å². The molecule has 6 heteroatoms. The van der Waals surface area contributed by atoms with Crippen LogP contribution in [0.1, 0.15) is 43.5 Å². The fourth-order valence-electron chi connectivity index (χ4n) is 2.69. The summed E-state index contributed by atoms with van der Waals surface area (Å²) in [6, 6.07) is 6.63. The van der Waals surface area contributed by atoms with E-state index in [4.69, 9.17) is 4.74 Å². The summed E-state index contributed by atoms with van der Waals surface area (Å²) in [7, 11) is 0. The average Bonchev–Trinajstić information content (AvgIpc) is 2.52. The molecule has 124 valence electrons. The minimum absolute atomic E-state index is 0.163. The SMILES string of the molecule is CC(=O)Nc1cccc(C(=O)OCC(=O)N2CCCC[C@@H]2C)c1. The number of nitrogens with one attached hydrogen (secondary N) is 1. The largest absolute Gasteiger partial charge is 0.452 e. The fraction of sp³-hybridized carbons (Fsp3) is 0.471. The van der Waals surface area contributed by atoms with Crippen LogP contribution in [0.25, 0.3) is 0 Å². The number of likely N-dealkylation sites (tertiary alicyclic amines) is 1. The molecule has 23 heavy (non-hydrogen) atoms. The van der Waals surface area contributed by atoms with Crippen molar-refractivity contribution < 1.29 is 19.1 Å². The van der Waals surface area contributed by atoms with Gasteiger partial charge < -0.3 is 15.0 Å². The Kier molecular flexibility index (Phi) is 5.73. The third-order valence-corrected chi connectivity index (χ3v) is 3.87. The molecule has 0 bridgehead atoms. The molecular formula is C17H22N2O4. The highest BCUT2D eigenvalue weighted by atomic mass is 16.5. The van der Waals surface area contributed by atoms with Gasteiger partial charge in [-0.05, 0) is 44.4 Å². The zero-order chi connectivity index (χ0) is 16.8. The number of carbonyl (C=O) groups excluding carboxylic acids is 3. The van der Waals surface area contributed by atoms with Crippen LogP contribution in [0.4, 0.5) is 5.69 Å². The second-order valence-electron chi connectivity index (χ2n) is 5.77. The van der Waals surface area contributed by atoms with Crippen LogP contribution >= 0.6 is 0 Å². The number of nitrogens with zero attached hydrogens (tertiary/aromatic N) is 1. The van der Waals surface area contributed by atoms with Crippen molar-refractivity contribution in [2.75, 3.05) is 18.5 Å². The zero-order valence-electron chi connectivity index (χ0n) is 13.5. The number of ether oxygens (including phenoxy) is 1. The molecule has 1 aromatic carbocycles. The summed E-state index contributed by atoms with van der Waals surface area (Å²) in [5, 5.41) is 2.60. The molecular weight excluding hydrogens is 296 g/mol. The molecule has 2 rings (SSSR count). The van der Waals surface area contributed by atoms with Crippen molar-refractivity contribution in [2.24, 2.45) is 0 Å². The van der Waals surface area contributed by atoms with Crippen molar-refractivity contribution in [3.05, 3.63) is 29.8 Å². The Morgan fingerprint density at radius 1 is 1.30 bits per heavy atom. The predicted molar refractivity (Wildman–Crippen MR) is 86.1 cm³/mol. The molecule has 1 atom stereocenters. The van der Waals surface area contributed by atoms with E-state index in [0.29, 0.717) is 11.3 Å². The molecule has 1 fully saturated rings. The molecule has 0 aromatic heterocycles. The number of esters is 1. The van der Waals surface area contributed by atoms with E-state index in [-0.39, 0.29) is 24.5 Å². The molecule has 6 nitrogen and oxygen atoms in total. The number of benzene rings is 1. The number of hydrogen-bond donors (Lipinski definition) is 1. The molecule has 0 saturated carbocycles. The molecule has 1 aliphatic rings. The molecule has 0 unspecified atom stereocenters. The van der Waals surface area contributed by atoms with E-state index in [0.717, 1.165) is 25.8 Å². The number of anilines is 1. The highest BCUT2D eigenvalue weighted by Gasteiger charge is 2.24. The summed E-state index contributed by atoms with van der Waals surface area (Å²) in [4.78, 5) is 37.0. The van der Waals surface area contributed by atoms with Gasteiger partial charge in [-0.2, -0.15) is 0 Å². The Morgan fingerprint density at radius 2 is 2.09 bits per heavy atom. The van der Waals surface area contributed by atoms with Gasteiger partial charge in [0.1, 0.15) is 0 Å². The van der Waals surface area contributed by atoms with Crippen LogP contribution in [0, 0.1) is 0 Å². The van der Waals surface area contributed by atoms with Crippen LogP contribution in [-0.4, -0.2) is 41.9 Å². The summed E-state index contributed by atoms with van der Waals surface area (Å²) >= 11 is 0. The van der Waals surface area contributed by atoms with Crippen LogP contribution in [-0.2, 0) is 14.3 Å². The summed E-state index contributed by atoms with van der Waals surface area (Å²) in [6.45, 7) is 3.86. The van der Waals surface area contributed by atoms with Crippen LogP contribution in [0.2, 0.25) is 0 Å². The number of rotatable bonds is 4. The number of piperidine rings is 1. The van der Waals surface area contributed by atoms with Gasteiger partial charge >= 0.3 is 5.97 Å². The number of amides is 2. The van der Waals surface area contributed by atoms with E-state index in [1.54, 1.807) is 23.1 Å². The maximum Gasteiger partial charge on any atom is 0.338 e. The van der Waals surface area contributed by atoms with Gasteiger partial charge in [0.25, 0.3) is 5.91 Å². The third-order valence-electron chi connectivity index (χ3n) is 3.87. The monoisotopic (exact) mass is 318 g/mol. The van der Waals surface area contributed by atoms with E-state index >= 15 is 0 Å². The summed E-state index contributed by atoms with van der Waals surface area (Å²) in [5.74, 6) is -0.955. The zero-order valence-corrected chi connectivity index (χ0v) is 13.5. The fourth-order valence-corrected chi connectivity index (χ4v) is 2.69. The molecule has 0 spiro atoms. The lowest BCUT2D eigenvalue weighted by atomic mass is 10.0. The van der Waals surface area contributed by atoms with Crippen molar-refractivity contribution in [1.29, 1.82) is 0 Å². The Labute approximate surface area is 135 Å². The van der Waals surface area contributed by atoms with Crippen LogP contribution < -0.4 is 5.32 Å². The molecule has 1 N–H and O–H groups in total. The first-order chi connectivity index (χ1) is 11.0. The van der Waals surface area contributed by atoms with E-state index in [9.17, 15) is 14.4 Å². The van der Waals surface area contributed by atoms with Gasteiger partial charge in [-0.3, -0.25) is 9.59 Å². The van der Waals surface area contributed by atoms with Crippen molar-refractivity contribution in [1.82, 2.24) is 4.90 Å². The molecule has 1 saturated heterocycles. The molecule has 0 radical (unpaired) electrons. The van der Waals surface area contributed by atoms with Gasteiger partial charge in [0.05, 0.1) is 5.56 Å². The smallest absolute Gasteiger partial charge is 0.338 e. The summed E-state index contributed by atoms with van der Waals surface area (Å²) < 4.78 is 5.11. The quantitative estimate of drug-likeness (QED) is 0.864. The third kappa shape index (κ3) is 4.81. The summed E-state index contributed by atoms with van der Waals surface area (Å²) in [5.41, 5.74) is 0.818. The van der Waals surface area contributed by atoms with Crippen molar-refractivity contribution in [2.45, 2.75) is 39.2 Å². The van der Waals surface area contributed by atoms with Crippen molar-refractivity contribution >= 4 is 23.5 Å². The normalized spacial score (nSPS) is 17.5. The van der Waals surface area contributed by atoms with Crippen LogP contribution in [0.15, 0.2) is 24.3 Å². The van der Waals surface area contributed by atoms with E-state index in [2.05, 4.69) is 5.32 Å². The van der Waals surface area contributed by atoms with Gasteiger partial charge in [-0.1, -0.05) is 6.07 Å². The number of carbonyl (C=O) groups is 3. The maximum absolute atomic E-state index is 12.1. The Bertz CT molecular complexity index is 600. The van der Waals surface area contributed by atoms with E-state index < -0.39 is 5.97 Å². The predicted octanol–water partition coefficient (Wildman–Crippen LogP) is 2.20. The lowest BCUT2D eigenvalue weighted by molar-refractivity contribution is -0.137. The number of hydrogen-bond acceptors (Lipinski definition) is 4. The minimum atomic E-state index is -0.574. The lowest BCUT2D eigenvalue weighted by Gasteiger charge is -2.33. The molecule has 1 aliphatic heterocycles. The first-order valence-electron chi connectivity index (χ1n) is 7.81. The highest BCUT2D eigenvalue weighted by molar-refractivity contribution is 5.94. The Morgan fingerprint density at radius 3 is 2.78 bits per heavy atom. The van der Waals surface area contributed by atoms with Crippen LogP contribution in [0.3, 0.4) is 0 Å². The Hall–Kier alpha value is -2.37. The molecule has 2 amide bonds. The second kappa shape index (κ2) is 7.76. The summed E-state index contributed by atoms with van der Waals surface area (Å²) in [6.07, 6.45) is 3.10. The molecule has 1 heterocycles. The molecule has 1 aromatic rings. The first kappa shape index (κ1) is 17.0. The first-order valence-corrected chi connectivity index (χ1v) is 7.81. The lowest BCUT2D eigenvalue weighted by Crippen LogP contribution is -2.44. The highest BCUT2D eigenvalue weighted by Crippen LogP contribution is 2.17. The topological polar surface area (TPSA) is 75.7 Å². The van der Waals surface area contributed by atoms with E-state index in [1.807, 2.05) is 6.92 Å². The second-order valence-corrected chi connectivity index (χ2v) is 5.77. The maximum atomic E-state index is 12.1. The van der Waals surface area contributed by atoms with Gasteiger partial charge in [0, 0.05) is 25.2 Å². The average molecular weight is 318 g/mol. The minimum Gasteiger partial charge on any atom is -0.452 e. The van der Waals surface area contributed by atoms with E-state index in [1.165, 1.54) is 13.0 Å². The molecule has 0 aliphatic carbocycles.